The molecule has 1 saturated heterocycles. The maximum absolute atomic E-state index is 12.3. The summed E-state index contributed by atoms with van der Waals surface area (Å²) in [5, 5.41) is 2.96. The molecule has 0 aromatic heterocycles. The van der Waals surface area contributed by atoms with Crippen LogP contribution >= 0.6 is 0 Å². The Hall–Kier alpha value is -1.39. The van der Waals surface area contributed by atoms with Crippen LogP contribution in [-0.2, 0) is 14.4 Å². The maximum Gasteiger partial charge on any atom is 0.225 e. The van der Waals surface area contributed by atoms with E-state index in [-0.39, 0.29) is 36.0 Å². The van der Waals surface area contributed by atoms with Gasteiger partial charge in [-0.05, 0) is 32.6 Å². The monoisotopic (exact) mass is 296 g/mol. The molecule has 0 aromatic carbocycles. The molecular weight excluding hydrogens is 268 g/mol. The van der Waals surface area contributed by atoms with E-state index in [0.717, 1.165) is 25.7 Å². The molecule has 5 heteroatoms. The van der Waals surface area contributed by atoms with E-state index in [9.17, 15) is 14.4 Å². The van der Waals surface area contributed by atoms with Crippen molar-refractivity contribution in [2.24, 2.45) is 5.92 Å². The summed E-state index contributed by atoms with van der Waals surface area (Å²) in [7, 11) is 0. The van der Waals surface area contributed by atoms with Crippen molar-refractivity contribution in [2.45, 2.75) is 65.3 Å². The Balaban J connectivity index is 2.33. The smallest absolute Gasteiger partial charge is 0.225 e. The summed E-state index contributed by atoms with van der Waals surface area (Å²) >= 11 is 0. The van der Waals surface area contributed by atoms with Crippen LogP contribution in [0.4, 0.5) is 0 Å². The van der Waals surface area contributed by atoms with Gasteiger partial charge in [0.05, 0.1) is 0 Å². The van der Waals surface area contributed by atoms with Crippen molar-refractivity contribution in [3.05, 3.63) is 0 Å². The van der Waals surface area contributed by atoms with E-state index in [1.807, 2.05) is 18.7 Å². The van der Waals surface area contributed by atoms with Gasteiger partial charge in [-0.1, -0.05) is 13.8 Å². The Morgan fingerprint density at radius 1 is 1.10 bits per heavy atom. The minimum absolute atomic E-state index is 0.0377. The molecule has 5 nitrogen and oxygen atoms in total. The summed E-state index contributed by atoms with van der Waals surface area (Å²) in [4.78, 5) is 36.7. The van der Waals surface area contributed by atoms with E-state index in [2.05, 4.69) is 5.32 Å². The van der Waals surface area contributed by atoms with Crippen LogP contribution in [0, 0.1) is 5.92 Å². The molecule has 1 heterocycles. The van der Waals surface area contributed by atoms with E-state index in [0.29, 0.717) is 19.5 Å². The molecule has 1 N–H and O–H groups in total. The Morgan fingerprint density at radius 3 is 2.14 bits per heavy atom. The summed E-state index contributed by atoms with van der Waals surface area (Å²) in [6.07, 6.45) is 3.95. The fourth-order valence-corrected chi connectivity index (χ4v) is 2.73. The molecule has 0 unspecified atom stereocenters. The molecule has 120 valence electrons. The molecule has 0 radical (unpaired) electrons. The highest BCUT2D eigenvalue weighted by molar-refractivity contribution is 5.83. The van der Waals surface area contributed by atoms with Gasteiger partial charge < -0.3 is 15.0 Å². The number of ketones is 1. The number of nitrogens with zero attached hydrogens (tertiary/aromatic N) is 1. The molecule has 1 aliphatic heterocycles. The zero-order valence-electron chi connectivity index (χ0n) is 13.5. The largest absolute Gasteiger partial charge is 0.353 e. The lowest BCUT2D eigenvalue weighted by molar-refractivity contribution is -0.137. The standard InChI is InChI=1S/C16H28N2O3/c1-4-13(5-2)16(21)18-10-8-14(9-11-18)17-15(20)7-6-12(3)19/h13-14H,4-11H2,1-3H3,(H,17,20). The number of nitrogens with one attached hydrogen (secondary N) is 1. The van der Waals surface area contributed by atoms with Crippen molar-refractivity contribution in [1.29, 1.82) is 0 Å². The topological polar surface area (TPSA) is 66.5 Å². The summed E-state index contributed by atoms with van der Waals surface area (Å²) in [5.74, 6) is 0.360. The van der Waals surface area contributed by atoms with Gasteiger partial charge in [0.2, 0.25) is 11.8 Å². The highest BCUT2D eigenvalue weighted by atomic mass is 16.2. The highest BCUT2D eigenvalue weighted by Gasteiger charge is 2.26. The SMILES string of the molecule is CCC(CC)C(=O)N1CCC(NC(=O)CCC(C)=O)CC1. The average molecular weight is 296 g/mol. The van der Waals surface area contributed by atoms with Gasteiger partial charge in [0.15, 0.2) is 0 Å². The summed E-state index contributed by atoms with van der Waals surface area (Å²) < 4.78 is 0. The zero-order chi connectivity index (χ0) is 15.8. The van der Waals surface area contributed by atoms with Crippen molar-refractivity contribution in [2.75, 3.05) is 13.1 Å². The minimum atomic E-state index is -0.0602. The number of amides is 2. The normalized spacial score (nSPS) is 16.1. The van der Waals surface area contributed by atoms with Crippen LogP contribution in [0.15, 0.2) is 0 Å². The van der Waals surface area contributed by atoms with Crippen molar-refractivity contribution >= 4 is 17.6 Å². The van der Waals surface area contributed by atoms with E-state index in [1.165, 1.54) is 6.92 Å². The first-order valence-electron chi connectivity index (χ1n) is 8.05. The van der Waals surface area contributed by atoms with Gasteiger partial charge in [-0.25, -0.2) is 0 Å². The Labute approximate surface area is 127 Å². The zero-order valence-corrected chi connectivity index (χ0v) is 13.5. The first-order chi connectivity index (χ1) is 9.97. The van der Waals surface area contributed by atoms with Crippen molar-refractivity contribution in [3.63, 3.8) is 0 Å². The van der Waals surface area contributed by atoms with Gasteiger partial charge in [-0.15, -0.1) is 0 Å². The number of rotatable bonds is 7. The Kier molecular flexibility index (Phi) is 7.40. The van der Waals surface area contributed by atoms with Gasteiger partial charge in [-0.2, -0.15) is 0 Å². The van der Waals surface area contributed by atoms with Crippen molar-refractivity contribution in [1.82, 2.24) is 10.2 Å². The molecule has 0 saturated carbocycles. The fraction of sp³-hybridized carbons (Fsp3) is 0.812. The molecule has 1 rings (SSSR count). The maximum atomic E-state index is 12.3. The third-order valence-electron chi connectivity index (χ3n) is 4.21. The lowest BCUT2D eigenvalue weighted by Gasteiger charge is -2.34. The van der Waals surface area contributed by atoms with Crippen molar-refractivity contribution in [3.8, 4) is 0 Å². The van der Waals surface area contributed by atoms with E-state index in [4.69, 9.17) is 0 Å². The Bertz CT molecular complexity index is 370. The third-order valence-corrected chi connectivity index (χ3v) is 4.21. The van der Waals surface area contributed by atoms with Crippen LogP contribution in [0.25, 0.3) is 0 Å². The number of likely N-dealkylation sites (tertiary alicyclic amines) is 1. The number of hydrogen-bond acceptors (Lipinski definition) is 3. The minimum Gasteiger partial charge on any atom is -0.353 e. The lowest BCUT2D eigenvalue weighted by atomic mass is 9.98. The van der Waals surface area contributed by atoms with Gasteiger partial charge in [0, 0.05) is 37.9 Å². The summed E-state index contributed by atoms with van der Waals surface area (Å²) in [6.45, 7) is 7.03. The average Bonchev–Trinajstić information content (AvgIpc) is 2.47. The number of hydrogen-bond donors (Lipinski definition) is 1. The second-order valence-corrected chi connectivity index (χ2v) is 5.88. The van der Waals surface area contributed by atoms with E-state index >= 15 is 0 Å². The first-order valence-corrected chi connectivity index (χ1v) is 8.05. The molecule has 21 heavy (non-hydrogen) atoms. The second-order valence-electron chi connectivity index (χ2n) is 5.88. The van der Waals surface area contributed by atoms with Crippen molar-refractivity contribution < 1.29 is 14.4 Å². The Morgan fingerprint density at radius 2 is 1.67 bits per heavy atom. The molecule has 0 aromatic rings. The molecular formula is C16H28N2O3. The van der Waals surface area contributed by atoms with E-state index < -0.39 is 0 Å². The highest BCUT2D eigenvalue weighted by Crippen LogP contribution is 2.17. The van der Waals surface area contributed by atoms with Crippen LogP contribution in [0.2, 0.25) is 0 Å². The molecule has 0 bridgehead atoms. The van der Waals surface area contributed by atoms with Crippen LogP contribution in [-0.4, -0.2) is 41.6 Å². The summed E-state index contributed by atoms with van der Waals surface area (Å²) in [5.41, 5.74) is 0. The number of piperidine rings is 1. The molecule has 2 amide bonds. The summed E-state index contributed by atoms with van der Waals surface area (Å²) in [6, 6.07) is 0.134. The van der Waals surface area contributed by atoms with E-state index in [1.54, 1.807) is 0 Å². The van der Waals surface area contributed by atoms with Crippen LogP contribution in [0.1, 0.15) is 59.3 Å². The van der Waals surface area contributed by atoms with Gasteiger partial charge in [-0.3, -0.25) is 9.59 Å². The van der Waals surface area contributed by atoms with Gasteiger partial charge >= 0.3 is 0 Å². The molecule has 0 atom stereocenters. The quantitative estimate of drug-likeness (QED) is 0.780. The van der Waals surface area contributed by atoms with Crippen LogP contribution in [0.5, 0.6) is 0 Å². The third kappa shape index (κ3) is 5.86. The number of Topliss-reactive ketones (excluding diaryl/α,β-unsaturated/α-hetero) is 1. The molecule has 0 aliphatic carbocycles. The van der Waals surface area contributed by atoms with Gasteiger partial charge in [0.25, 0.3) is 0 Å². The second kappa shape index (κ2) is 8.80. The first kappa shape index (κ1) is 17.7. The van der Waals surface area contributed by atoms with Gasteiger partial charge in [0.1, 0.15) is 5.78 Å². The molecule has 0 spiro atoms. The number of carbonyl (C=O) groups excluding carboxylic acids is 3. The predicted octanol–water partition coefficient (Wildman–Crippen LogP) is 1.90. The fourth-order valence-electron chi connectivity index (χ4n) is 2.73. The van der Waals surface area contributed by atoms with Crippen LogP contribution in [0.3, 0.4) is 0 Å². The van der Waals surface area contributed by atoms with Crippen LogP contribution < -0.4 is 5.32 Å². The lowest BCUT2D eigenvalue weighted by Crippen LogP contribution is -2.48. The molecule has 1 fully saturated rings. The number of carbonyl (C=O) groups is 3. The molecule has 1 aliphatic rings. The predicted molar refractivity (Wildman–Crippen MR) is 81.7 cm³/mol.